The van der Waals surface area contributed by atoms with E-state index in [0.717, 1.165) is 5.57 Å². The molecule has 0 amide bonds. The zero-order chi connectivity index (χ0) is 15.5. The van der Waals surface area contributed by atoms with Crippen LogP contribution in [0.3, 0.4) is 0 Å². The second-order valence-corrected chi connectivity index (χ2v) is 7.40. The zero-order valence-corrected chi connectivity index (χ0v) is 13.7. The Kier molecular flexibility index (Phi) is 5.56. The Balaban J connectivity index is 2.98. The van der Waals surface area contributed by atoms with Crippen LogP contribution in [0.15, 0.2) is 27.5 Å². The number of nitrogens with one attached hydrogen (secondary N) is 1. The van der Waals surface area contributed by atoms with Crippen LogP contribution in [0.5, 0.6) is 0 Å². The van der Waals surface area contributed by atoms with Crippen molar-refractivity contribution in [1.29, 1.82) is 0 Å². The van der Waals surface area contributed by atoms with Gasteiger partial charge < -0.3 is 9.73 Å². The number of sulfonamides is 1. The third-order valence-corrected chi connectivity index (χ3v) is 4.70. The van der Waals surface area contributed by atoms with Gasteiger partial charge in [0, 0.05) is 25.7 Å². The van der Waals surface area contributed by atoms with Gasteiger partial charge in [0.05, 0.1) is 6.54 Å². The molecule has 0 fully saturated rings. The summed E-state index contributed by atoms with van der Waals surface area (Å²) in [5, 5.41) is 3.20. The number of rotatable bonds is 7. The lowest BCUT2D eigenvalue weighted by atomic mass is 10.3. The molecular formula is C14H24N2O3S. The number of hydrogen-bond donors (Lipinski definition) is 1. The van der Waals surface area contributed by atoms with E-state index in [2.05, 4.69) is 11.9 Å². The van der Waals surface area contributed by atoms with Crippen LogP contribution in [-0.2, 0) is 16.6 Å². The summed E-state index contributed by atoms with van der Waals surface area (Å²) in [5.41, 5.74) is 0.791. The third-order valence-electron chi connectivity index (χ3n) is 2.79. The molecule has 0 bridgehead atoms. The highest BCUT2D eigenvalue weighted by Crippen LogP contribution is 2.23. The quantitative estimate of drug-likeness (QED) is 0.785. The molecule has 0 aliphatic heterocycles. The molecule has 114 valence electrons. The second kappa shape index (κ2) is 6.56. The van der Waals surface area contributed by atoms with Crippen molar-refractivity contribution in [2.75, 3.05) is 13.6 Å². The summed E-state index contributed by atoms with van der Waals surface area (Å²) in [5.74, 6) is 1.04. The van der Waals surface area contributed by atoms with Crippen molar-refractivity contribution in [3.05, 3.63) is 29.7 Å². The maximum atomic E-state index is 12.4. The van der Waals surface area contributed by atoms with Crippen LogP contribution in [0.1, 0.15) is 32.3 Å². The highest BCUT2D eigenvalue weighted by Gasteiger charge is 2.26. The van der Waals surface area contributed by atoms with Gasteiger partial charge in [0.15, 0.2) is 0 Å². The van der Waals surface area contributed by atoms with Crippen LogP contribution in [-0.4, -0.2) is 32.4 Å². The van der Waals surface area contributed by atoms with Crippen LogP contribution in [0, 0.1) is 6.92 Å². The van der Waals surface area contributed by atoms with E-state index < -0.39 is 10.0 Å². The van der Waals surface area contributed by atoms with Crippen molar-refractivity contribution >= 4 is 10.0 Å². The zero-order valence-electron chi connectivity index (χ0n) is 12.9. The summed E-state index contributed by atoms with van der Waals surface area (Å²) < 4.78 is 31.7. The van der Waals surface area contributed by atoms with Crippen molar-refractivity contribution < 1.29 is 12.8 Å². The second-order valence-electron chi connectivity index (χ2n) is 5.39. The summed E-state index contributed by atoms with van der Waals surface area (Å²) >= 11 is 0. The number of hydrogen-bond acceptors (Lipinski definition) is 4. The van der Waals surface area contributed by atoms with Crippen molar-refractivity contribution in [3.63, 3.8) is 0 Å². The van der Waals surface area contributed by atoms with Gasteiger partial charge in [0.2, 0.25) is 10.0 Å². The fourth-order valence-corrected chi connectivity index (χ4v) is 3.22. The normalized spacial score (nSPS) is 12.3. The minimum Gasteiger partial charge on any atom is -0.464 e. The van der Waals surface area contributed by atoms with Gasteiger partial charge in [-0.15, -0.1) is 0 Å². The lowest BCUT2D eigenvalue weighted by Crippen LogP contribution is -2.28. The van der Waals surface area contributed by atoms with Gasteiger partial charge >= 0.3 is 0 Å². The molecule has 1 aromatic rings. The molecule has 1 heterocycles. The summed E-state index contributed by atoms with van der Waals surface area (Å²) in [6, 6.07) is 1.90. The van der Waals surface area contributed by atoms with E-state index in [1.165, 1.54) is 4.31 Å². The number of furan rings is 1. The third kappa shape index (κ3) is 4.19. The van der Waals surface area contributed by atoms with Gasteiger partial charge in [-0.3, -0.25) is 0 Å². The number of likely N-dealkylation sites (N-methyl/N-ethyl adjacent to an activating group) is 1. The Labute approximate surface area is 121 Å². The minimum atomic E-state index is -3.53. The van der Waals surface area contributed by atoms with E-state index in [-0.39, 0.29) is 4.90 Å². The molecule has 0 unspecified atom stereocenters. The predicted octanol–water partition coefficient (Wildman–Crippen LogP) is 2.28. The number of aryl methyl sites for hydroxylation is 1. The van der Waals surface area contributed by atoms with Gasteiger partial charge in [-0.05, 0) is 13.8 Å². The first-order chi connectivity index (χ1) is 9.14. The molecule has 1 aromatic heterocycles. The molecule has 5 nitrogen and oxygen atoms in total. The molecular weight excluding hydrogens is 276 g/mol. The monoisotopic (exact) mass is 300 g/mol. The van der Waals surface area contributed by atoms with E-state index in [9.17, 15) is 8.42 Å². The first-order valence-electron chi connectivity index (χ1n) is 6.58. The van der Waals surface area contributed by atoms with E-state index in [4.69, 9.17) is 4.42 Å². The maximum absolute atomic E-state index is 12.4. The first-order valence-corrected chi connectivity index (χ1v) is 8.02. The Hall–Kier alpha value is -1.11. The topological polar surface area (TPSA) is 62.6 Å². The summed E-state index contributed by atoms with van der Waals surface area (Å²) in [6.45, 7) is 12.1. The fourth-order valence-electron chi connectivity index (χ4n) is 1.81. The van der Waals surface area contributed by atoms with E-state index in [1.54, 1.807) is 27.0 Å². The van der Waals surface area contributed by atoms with Crippen molar-refractivity contribution in [1.82, 2.24) is 9.62 Å². The predicted molar refractivity (Wildman–Crippen MR) is 80.1 cm³/mol. The average Bonchev–Trinajstić information content (AvgIpc) is 2.67. The van der Waals surface area contributed by atoms with E-state index in [0.29, 0.717) is 30.7 Å². The minimum absolute atomic E-state index is 0.224. The molecule has 0 atom stereocenters. The van der Waals surface area contributed by atoms with Crippen molar-refractivity contribution in [2.45, 2.75) is 45.2 Å². The van der Waals surface area contributed by atoms with Crippen LogP contribution < -0.4 is 5.32 Å². The Morgan fingerprint density at radius 2 is 2.10 bits per heavy atom. The molecule has 0 saturated heterocycles. The van der Waals surface area contributed by atoms with Crippen LogP contribution in [0.2, 0.25) is 0 Å². The fraction of sp³-hybridized carbons (Fsp3) is 0.571. The Morgan fingerprint density at radius 3 is 2.60 bits per heavy atom. The highest BCUT2D eigenvalue weighted by molar-refractivity contribution is 7.89. The molecule has 1 rings (SSSR count). The first kappa shape index (κ1) is 16.9. The van der Waals surface area contributed by atoms with Crippen LogP contribution in [0.25, 0.3) is 0 Å². The highest BCUT2D eigenvalue weighted by atomic mass is 32.2. The smallest absolute Gasteiger partial charge is 0.246 e. The molecule has 20 heavy (non-hydrogen) atoms. The molecule has 0 saturated carbocycles. The van der Waals surface area contributed by atoms with Gasteiger partial charge in [0.1, 0.15) is 16.4 Å². The largest absolute Gasteiger partial charge is 0.464 e. The standard InChI is InChI=1S/C14H24N2O3S/c1-10(2)9-16(6)20(17,18)14-7-13(19-12(14)5)8-15-11(3)4/h7,11,15H,1,8-9H2,2-6H3. The van der Waals surface area contributed by atoms with Gasteiger partial charge in [-0.1, -0.05) is 26.0 Å². The van der Waals surface area contributed by atoms with E-state index in [1.807, 2.05) is 13.8 Å². The molecule has 0 aliphatic rings. The summed E-state index contributed by atoms with van der Waals surface area (Å²) in [6.07, 6.45) is 0. The van der Waals surface area contributed by atoms with Crippen LogP contribution >= 0.6 is 0 Å². The SMILES string of the molecule is C=C(C)CN(C)S(=O)(=O)c1cc(CNC(C)C)oc1C. The Bertz CT molecular complexity index is 573. The molecule has 0 aliphatic carbocycles. The lowest BCUT2D eigenvalue weighted by Gasteiger charge is -2.16. The van der Waals surface area contributed by atoms with Gasteiger partial charge in [-0.2, -0.15) is 4.31 Å². The average molecular weight is 300 g/mol. The summed E-state index contributed by atoms with van der Waals surface area (Å²) in [4.78, 5) is 0.224. The van der Waals surface area contributed by atoms with Crippen LogP contribution in [0.4, 0.5) is 0 Å². The van der Waals surface area contributed by atoms with Gasteiger partial charge in [0.25, 0.3) is 0 Å². The molecule has 1 N–H and O–H groups in total. The Morgan fingerprint density at radius 1 is 1.50 bits per heavy atom. The summed E-state index contributed by atoms with van der Waals surface area (Å²) in [7, 11) is -1.99. The molecule has 0 aromatic carbocycles. The molecule has 0 spiro atoms. The molecule has 0 radical (unpaired) electrons. The lowest BCUT2D eigenvalue weighted by molar-refractivity contribution is 0.441. The van der Waals surface area contributed by atoms with E-state index >= 15 is 0 Å². The van der Waals surface area contributed by atoms with Crippen molar-refractivity contribution in [3.8, 4) is 0 Å². The van der Waals surface area contributed by atoms with Gasteiger partial charge in [-0.25, -0.2) is 8.42 Å². The molecule has 6 heteroatoms. The number of nitrogens with zero attached hydrogens (tertiary/aromatic N) is 1. The maximum Gasteiger partial charge on any atom is 0.246 e. The van der Waals surface area contributed by atoms with Crippen molar-refractivity contribution in [2.24, 2.45) is 0 Å².